The van der Waals surface area contributed by atoms with Crippen molar-refractivity contribution < 1.29 is 4.79 Å². The summed E-state index contributed by atoms with van der Waals surface area (Å²) in [5, 5.41) is 5.72. The Morgan fingerprint density at radius 2 is 2.09 bits per heavy atom. The van der Waals surface area contributed by atoms with E-state index in [2.05, 4.69) is 17.2 Å². The zero-order valence-corrected chi connectivity index (χ0v) is 7.40. The molecule has 0 rings (SSSR count). The summed E-state index contributed by atoms with van der Waals surface area (Å²) in [4.78, 5) is 10.9. The van der Waals surface area contributed by atoms with Gasteiger partial charge < -0.3 is 5.32 Å². The third-order valence-corrected chi connectivity index (χ3v) is 1.15. The molecule has 0 spiro atoms. The van der Waals surface area contributed by atoms with Gasteiger partial charge >= 0.3 is 0 Å². The van der Waals surface area contributed by atoms with Crippen LogP contribution in [0.2, 0.25) is 0 Å². The number of carbonyl (C=O) groups excluding carboxylic acids is 1. The molecule has 64 valence electrons. The number of amides is 1. The van der Waals surface area contributed by atoms with E-state index in [0.717, 1.165) is 0 Å². The van der Waals surface area contributed by atoms with Gasteiger partial charge in [-0.1, -0.05) is 6.58 Å². The molecule has 0 atom stereocenters. The normalized spacial score (nSPS) is 9.82. The fourth-order valence-electron chi connectivity index (χ4n) is 0.486. The summed E-state index contributed by atoms with van der Waals surface area (Å²) in [5.41, 5.74) is 0.538. The van der Waals surface area contributed by atoms with Gasteiger partial charge in [0, 0.05) is 11.6 Å². The number of hydrogen-bond acceptors (Lipinski definition) is 2. The number of carbonyl (C=O) groups is 1. The Labute approximate surface area is 67.9 Å². The van der Waals surface area contributed by atoms with Crippen molar-refractivity contribution in [1.82, 2.24) is 10.6 Å². The highest BCUT2D eigenvalue weighted by molar-refractivity contribution is 5.91. The molecule has 0 heterocycles. The maximum absolute atomic E-state index is 10.9. The van der Waals surface area contributed by atoms with Gasteiger partial charge in [-0.15, -0.1) is 0 Å². The smallest absolute Gasteiger partial charge is 0.247 e. The molecule has 0 saturated carbocycles. The largest absolute Gasteiger partial charge is 0.340 e. The summed E-state index contributed by atoms with van der Waals surface area (Å²) < 4.78 is 0. The SMILES string of the molecule is C=C(C)C(=O)NCNC(C)C. The van der Waals surface area contributed by atoms with Gasteiger partial charge in [-0.2, -0.15) is 0 Å². The van der Waals surface area contributed by atoms with E-state index in [4.69, 9.17) is 0 Å². The third kappa shape index (κ3) is 5.61. The highest BCUT2D eigenvalue weighted by Crippen LogP contribution is 1.83. The van der Waals surface area contributed by atoms with Gasteiger partial charge in [0.05, 0.1) is 6.67 Å². The maximum atomic E-state index is 10.9. The summed E-state index contributed by atoms with van der Waals surface area (Å²) in [5.74, 6) is -0.0989. The lowest BCUT2D eigenvalue weighted by Crippen LogP contribution is -2.37. The third-order valence-electron chi connectivity index (χ3n) is 1.15. The molecule has 2 N–H and O–H groups in total. The van der Waals surface area contributed by atoms with Crippen molar-refractivity contribution in [3.63, 3.8) is 0 Å². The Balaban J connectivity index is 3.40. The minimum atomic E-state index is -0.0989. The van der Waals surface area contributed by atoms with Crippen LogP contribution in [0.5, 0.6) is 0 Å². The van der Waals surface area contributed by atoms with Crippen LogP contribution in [-0.4, -0.2) is 18.6 Å². The molecule has 0 aromatic rings. The van der Waals surface area contributed by atoms with Crippen molar-refractivity contribution in [1.29, 1.82) is 0 Å². The first-order valence-electron chi connectivity index (χ1n) is 3.71. The molecule has 0 bridgehead atoms. The summed E-state index contributed by atoms with van der Waals surface area (Å²) in [6.45, 7) is 9.74. The van der Waals surface area contributed by atoms with Crippen molar-refractivity contribution in [2.75, 3.05) is 6.67 Å². The summed E-state index contributed by atoms with van der Waals surface area (Å²) in [7, 11) is 0. The molecule has 0 aromatic heterocycles. The average Bonchev–Trinajstić information content (AvgIpc) is 1.86. The lowest BCUT2D eigenvalue weighted by molar-refractivity contribution is -0.117. The molecule has 0 aliphatic rings. The van der Waals surface area contributed by atoms with Crippen molar-refractivity contribution >= 4 is 5.91 Å². The average molecular weight is 156 g/mol. The van der Waals surface area contributed by atoms with Crippen LogP contribution in [0.25, 0.3) is 0 Å². The van der Waals surface area contributed by atoms with Gasteiger partial charge in [0.1, 0.15) is 0 Å². The molecule has 0 saturated heterocycles. The summed E-state index contributed by atoms with van der Waals surface area (Å²) >= 11 is 0. The van der Waals surface area contributed by atoms with Crippen LogP contribution in [0.1, 0.15) is 20.8 Å². The summed E-state index contributed by atoms with van der Waals surface area (Å²) in [6.07, 6.45) is 0. The van der Waals surface area contributed by atoms with Gasteiger partial charge in [-0.05, 0) is 20.8 Å². The van der Waals surface area contributed by atoms with Crippen molar-refractivity contribution in [2.24, 2.45) is 0 Å². The Kier molecular flexibility index (Phi) is 4.54. The highest BCUT2D eigenvalue weighted by atomic mass is 16.1. The Hall–Kier alpha value is -0.830. The first-order chi connectivity index (χ1) is 5.04. The lowest BCUT2D eigenvalue weighted by atomic mass is 10.3. The van der Waals surface area contributed by atoms with E-state index < -0.39 is 0 Å². The molecule has 0 radical (unpaired) electrons. The van der Waals surface area contributed by atoms with Crippen molar-refractivity contribution in [3.05, 3.63) is 12.2 Å². The second kappa shape index (κ2) is 4.91. The van der Waals surface area contributed by atoms with E-state index in [1.807, 2.05) is 13.8 Å². The maximum Gasteiger partial charge on any atom is 0.247 e. The molecule has 0 unspecified atom stereocenters. The van der Waals surface area contributed by atoms with E-state index in [1.54, 1.807) is 6.92 Å². The van der Waals surface area contributed by atoms with Gasteiger partial charge in [0.25, 0.3) is 0 Å². The van der Waals surface area contributed by atoms with Crippen LogP contribution >= 0.6 is 0 Å². The lowest BCUT2D eigenvalue weighted by Gasteiger charge is -2.08. The number of rotatable bonds is 4. The van der Waals surface area contributed by atoms with E-state index in [-0.39, 0.29) is 5.91 Å². The minimum absolute atomic E-state index is 0.0989. The van der Waals surface area contributed by atoms with E-state index in [0.29, 0.717) is 18.3 Å². The topological polar surface area (TPSA) is 41.1 Å². The zero-order chi connectivity index (χ0) is 8.85. The van der Waals surface area contributed by atoms with Crippen LogP contribution in [-0.2, 0) is 4.79 Å². The molecular weight excluding hydrogens is 140 g/mol. The molecule has 0 fully saturated rings. The predicted molar refractivity (Wildman–Crippen MR) is 46.1 cm³/mol. The molecule has 3 heteroatoms. The number of nitrogens with one attached hydrogen (secondary N) is 2. The summed E-state index contributed by atoms with van der Waals surface area (Å²) in [6, 6.07) is 0.389. The van der Waals surface area contributed by atoms with Crippen LogP contribution in [0.4, 0.5) is 0 Å². The molecular formula is C8H16N2O. The molecule has 1 amide bonds. The molecule has 3 nitrogen and oxygen atoms in total. The van der Waals surface area contributed by atoms with Gasteiger partial charge in [0.15, 0.2) is 0 Å². The Bertz CT molecular complexity index is 152. The number of hydrogen-bond donors (Lipinski definition) is 2. The minimum Gasteiger partial charge on any atom is -0.340 e. The van der Waals surface area contributed by atoms with Crippen LogP contribution in [0, 0.1) is 0 Å². The van der Waals surface area contributed by atoms with E-state index in [1.165, 1.54) is 0 Å². The highest BCUT2D eigenvalue weighted by Gasteiger charge is 1.99. The molecule has 11 heavy (non-hydrogen) atoms. The Morgan fingerprint density at radius 1 is 1.55 bits per heavy atom. The molecule has 0 aromatic carbocycles. The quantitative estimate of drug-likeness (QED) is 0.463. The standard InChI is InChI=1S/C8H16N2O/c1-6(2)8(11)10-5-9-7(3)4/h7,9H,1,5H2,2-4H3,(H,10,11). The predicted octanol–water partition coefficient (Wildman–Crippen LogP) is 0.634. The van der Waals surface area contributed by atoms with Gasteiger partial charge in [-0.3, -0.25) is 10.1 Å². The first-order valence-corrected chi connectivity index (χ1v) is 3.71. The molecule has 0 aliphatic heterocycles. The monoisotopic (exact) mass is 156 g/mol. The van der Waals surface area contributed by atoms with Crippen LogP contribution < -0.4 is 10.6 Å². The van der Waals surface area contributed by atoms with Crippen molar-refractivity contribution in [2.45, 2.75) is 26.8 Å². The second-order valence-corrected chi connectivity index (χ2v) is 2.82. The van der Waals surface area contributed by atoms with Crippen molar-refractivity contribution in [3.8, 4) is 0 Å². The van der Waals surface area contributed by atoms with Crippen LogP contribution in [0.15, 0.2) is 12.2 Å². The second-order valence-electron chi connectivity index (χ2n) is 2.82. The first kappa shape index (κ1) is 10.2. The van der Waals surface area contributed by atoms with Crippen LogP contribution in [0.3, 0.4) is 0 Å². The van der Waals surface area contributed by atoms with Gasteiger partial charge in [0.2, 0.25) is 5.91 Å². The molecule has 0 aliphatic carbocycles. The Morgan fingerprint density at radius 3 is 2.45 bits per heavy atom. The fourth-order valence-corrected chi connectivity index (χ4v) is 0.486. The fraction of sp³-hybridized carbons (Fsp3) is 0.625. The van der Waals surface area contributed by atoms with E-state index in [9.17, 15) is 4.79 Å². The van der Waals surface area contributed by atoms with E-state index >= 15 is 0 Å². The zero-order valence-electron chi connectivity index (χ0n) is 7.40. The van der Waals surface area contributed by atoms with Gasteiger partial charge in [-0.25, -0.2) is 0 Å².